The van der Waals surface area contributed by atoms with Crippen LogP contribution in [0.4, 0.5) is 4.39 Å². The molecule has 4 aromatic rings. The molecule has 5 heteroatoms. The fraction of sp³-hybridized carbons (Fsp3) is 0.345. The first-order chi connectivity index (χ1) is 16.6. The van der Waals surface area contributed by atoms with Gasteiger partial charge in [0.25, 0.3) is 0 Å². The Morgan fingerprint density at radius 2 is 1.74 bits per heavy atom. The van der Waals surface area contributed by atoms with Crippen molar-refractivity contribution < 1.29 is 9.50 Å². The monoisotopic (exact) mass is 455 g/mol. The van der Waals surface area contributed by atoms with Gasteiger partial charge >= 0.3 is 0 Å². The van der Waals surface area contributed by atoms with E-state index in [0.717, 1.165) is 73.4 Å². The molecule has 1 aliphatic carbocycles. The third-order valence-corrected chi connectivity index (χ3v) is 7.92. The molecule has 1 N–H and O–H groups in total. The third-order valence-electron chi connectivity index (χ3n) is 7.92. The molecule has 2 aromatic carbocycles. The van der Waals surface area contributed by atoms with Crippen LogP contribution in [0.3, 0.4) is 0 Å². The number of piperidine rings is 1. The van der Waals surface area contributed by atoms with E-state index in [0.29, 0.717) is 6.04 Å². The summed E-state index contributed by atoms with van der Waals surface area (Å²) in [4.78, 5) is 7.60. The first-order valence-corrected chi connectivity index (χ1v) is 12.4. The van der Waals surface area contributed by atoms with Crippen molar-refractivity contribution in [1.82, 2.24) is 14.3 Å². The predicted molar refractivity (Wildman–Crippen MR) is 132 cm³/mol. The van der Waals surface area contributed by atoms with Gasteiger partial charge in [-0.15, -0.1) is 0 Å². The van der Waals surface area contributed by atoms with Gasteiger partial charge in [-0.25, -0.2) is 9.37 Å². The van der Waals surface area contributed by atoms with Gasteiger partial charge in [0.2, 0.25) is 0 Å². The lowest BCUT2D eigenvalue weighted by Gasteiger charge is -2.52. The highest BCUT2D eigenvalue weighted by Gasteiger charge is 2.48. The van der Waals surface area contributed by atoms with Crippen LogP contribution in [0.5, 0.6) is 0 Å². The smallest absolute Gasteiger partial charge is 0.144 e. The highest BCUT2D eigenvalue weighted by Crippen LogP contribution is 2.47. The Balaban J connectivity index is 1.34. The first-order valence-electron chi connectivity index (χ1n) is 12.4. The third kappa shape index (κ3) is 3.64. The van der Waals surface area contributed by atoms with Gasteiger partial charge < -0.3 is 5.11 Å². The van der Waals surface area contributed by atoms with Crippen LogP contribution in [0.1, 0.15) is 43.4 Å². The average molecular weight is 456 g/mol. The molecule has 1 saturated carbocycles. The van der Waals surface area contributed by atoms with Crippen LogP contribution in [-0.2, 0) is 12.1 Å². The topological polar surface area (TPSA) is 40.8 Å². The van der Waals surface area contributed by atoms with Gasteiger partial charge in [-0.1, -0.05) is 36.4 Å². The molecule has 34 heavy (non-hydrogen) atoms. The van der Waals surface area contributed by atoms with E-state index >= 15 is 0 Å². The van der Waals surface area contributed by atoms with E-state index in [1.165, 1.54) is 12.1 Å². The summed E-state index contributed by atoms with van der Waals surface area (Å²) in [5.41, 5.74) is 3.31. The molecule has 1 saturated heterocycles. The average Bonchev–Trinajstić information content (AvgIpc) is 3.24. The number of likely N-dealkylation sites (tertiary alicyclic amines) is 1. The van der Waals surface area contributed by atoms with Crippen molar-refractivity contribution in [2.45, 2.75) is 50.3 Å². The lowest BCUT2D eigenvalue weighted by atomic mass is 9.65. The molecule has 0 bridgehead atoms. The summed E-state index contributed by atoms with van der Waals surface area (Å²) >= 11 is 0. The van der Waals surface area contributed by atoms with E-state index in [-0.39, 0.29) is 11.7 Å². The summed E-state index contributed by atoms with van der Waals surface area (Å²) in [7, 11) is 0. The Morgan fingerprint density at radius 1 is 0.941 bits per heavy atom. The van der Waals surface area contributed by atoms with E-state index in [1.54, 1.807) is 12.1 Å². The zero-order chi connectivity index (χ0) is 23.1. The minimum Gasteiger partial charge on any atom is -0.385 e. The van der Waals surface area contributed by atoms with Crippen molar-refractivity contribution in [3.05, 3.63) is 96.1 Å². The molecule has 2 aromatic heterocycles. The maximum absolute atomic E-state index is 13.5. The van der Waals surface area contributed by atoms with E-state index in [9.17, 15) is 9.50 Å². The largest absolute Gasteiger partial charge is 0.385 e. The van der Waals surface area contributed by atoms with Crippen molar-refractivity contribution in [1.29, 1.82) is 0 Å². The molecule has 0 spiro atoms. The van der Waals surface area contributed by atoms with Crippen molar-refractivity contribution in [3.8, 4) is 11.4 Å². The minimum atomic E-state index is -0.765. The molecular weight excluding hydrogens is 425 g/mol. The second-order valence-electron chi connectivity index (χ2n) is 9.81. The van der Waals surface area contributed by atoms with E-state index in [2.05, 4.69) is 27.5 Å². The molecule has 1 aliphatic heterocycles. The number of hydrogen-bond donors (Lipinski definition) is 1. The number of rotatable bonds is 4. The van der Waals surface area contributed by atoms with Gasteiger partial charge in [0.15, 0.2) is 0 Å². The number of pyridine rings is 1. The van der Waals surface area contributed by atoms with Crippen LogP contribution in [0.2, 0.25) is 0 Å². The van der Waals surface area contributed by atoms with Crippen molar-refractivity contribution in [2.24, 2.45) is 5.92 Å². The van der Waals surface area contributed by atoms with Gasteiger partial charge in [-0.05, 0) is 80.6 Å². The molecule has 2 aliphatic rings. The van der Waals surface area contributed by atoms with Gasteiger partial charge in [0.05, 0.1) is 16.8 Å². The Labute approximate surface area is 199 Å². The summed E-state index contributed by atoms with van der Waals surface area (Å²) in [6.07, 6.45) is 7.11. The second kappa shape index (κ2) is 8.64. The normalized spacial score (nSPS) is 25.4. The Kier molecular flexibility index (Phi) is 5.47. The van der Waals surface area contributed by atoms with Crippen molar-refractivity contribution in [2.75, 3.05) is 6.54 Å². The molecule has 6 rings (SSSR count). The van der Waals surface area contributed by atoms with Gasteiger partial charge in [-0.2, -0.15) is 0 Å². The molecule has 3 atom stereocenters. The zero-order valence-corrected chi connectivity index (χ0v) is 19.3. The van der Waals surface area contributed by atoms with Crippen LogP contribution in [-0.4, -0.2) is 32.0 Å². The molecule has 174 valence electrons. The zero-order valence-electron chi connectivity index (χ0n) is 19.3. The maximum atomic E-state index is 13.5. The fourth-order valence-corrected chi connectivity index (χ4v) is 6.33. The summed E-state index contributed by atoms with van der Waals surface area (Å²) in [5.74, 6) is 0.818. The van der Waals surface area contributed by atoms with Crippen molar-refractivity contribution >= 4 is 5.52 Å². The SMILES string of the molecule is OC1(c2ccccc2)CCCC2C1CCCN2Cc1nc(-c2ccc(F)cc2)n2ccccc12. The fourth-order valence-electron chi connectivity index (χ4n) is 6.33. The number of nitrogens with zero attached hydrogens (tertiary/aromatic N) is 3. The number of benzene rings is 2. The van der Waals surface area contributed by atoms with E-state index in [1.807, 2.05) is 36.5 Å². The van der Waals surface area contributed by atoms with Crippen LogP contribution < -0.4 is 0 Å². The number of fused-ring (bicyclic) bond motifs is 2. The van der Waals surface area contributed by atoms with Gasteiger partial charge in [-0.3, -0.25) is 9.30 Å². The molecule has 0 amide bonds. The highest BCUT2D eigenvalue weighted by atomic mass is 19.1. The quantitative estimate of drug-likeness (QED) is 0.423. The Morgan fingerprint density at radius 3 is 2.56 bits per heavy atom. The molecule has 2 fully saturated rings. The summed E-state index contributed by atoms with van der Waals surface area (Å²) in [5, 5.41) is 11.9. The first kappa shape index (κ1) is 21.5. The molecule has 3 heterocycles. The number of aromatic nitrogens is 2. The number of halogens is 1. The van der Waals surface area contributed by atoms with E-state index in [4.69, 9.17) is 4.98 Å². The van der Waals surface area contributed by atoms with Gasteiger partial charge in [0.1, 0.15) is 11.6 Å². The molecule has 0 radical (unpaired) electrons. The molecule has 4 nitrogen and oxygen atoms in total. The predicted octanol–water partition coefficient (Wildman–Crippen LogP) is 5.79. The summed E-state index contributed by atoms with van der Waals surface area (Å²) in [6, 6.07) is 23.3. The lowest BCUT2D eigenvalue weighted by Crippen LogP contribution is -2.55. The van der Waals surface area contributed by atoms with Crippen LogP contribution in [0, 0.1) is 11.7 Å². The molecular formula is C29H30FN3O. The summed E-state index contributed by atoms with van der Waals surface area (Å²) in [6.45, 7) is 1.77. The minimum absolute atomic E-state index is 0.225. The highest BCUT2D eigenvalue weighted by molar-refractivity contribution is 5.65. The standard InChI is InChI=1S/C29H30FN3O/c30-23-15-13-21(14-16-23)28-31-25(27-11-4-5-19-33(27)28)20-32-18-7-10-24-26(32)12-6-17-29(24,34)22-8-2-1-3-9-22/h1-5,8-9,11,13-16,19,24,26,34H,6-7,10,12,17-18,20H2. The number of aliphatic hydroxyl groups is 1. The van der Waals surface area contributed by atoms with Crippen molar-refractivity contribution in [3.63, 3.8) is 0 Å². The maximum Gasteiger partial charge on any atom is 0.144 e. The Bertz CT molecular complexity index is 1290. The molecule has 3 unspecified atom stereocenters. The van der Waals surface area contributed by atoms with Crippen LogP contribution in [0.15, 0.2) is 79.0 Å². The Hall–Kier alpha value is -3.02. The lowest BCUT2D eigenvalue weighted by molar-refractivity contribution is -0.113. The number of imidazole rings is 1. The second-order valence-corrected chi connectivity index (χ2v) is 9.81. The number of hydrogen-bond acceptors (Lipinski definition) is 3. The van der Waals surface area contributed by atoms with Gasteiger partial charge in [0, 0.05) is 30.3 Å². The van der Waals surface area contributed by atoms with Crippen LogP contribution in [0.25, 0.3) is 16.9 Å². The summed E-state index contributed by atoms with van der Waals surface area (Å²) < 4.78 is 15.6. The van der Waals surface area contributed by atoms with E-state index < -0.39 is 5.60 Å². The van der Waals surface area contributed by atoms with Crippen LogP contribution >= 0.6 is 0 Å².